The molecule has 0 N–H and O–H groups in total. The molecule has 3 heteroatoms. The van der Waals surface area contributed by atoms with Crippen molar-refractivity contribution >= 4 is 29.3 Å². The second-order valence-electron chi connectivity index (χ2n) is 5.34. The Labute approximate surface area is 135 Å². The summed E-state index contributed by atoms with van der Waals surface area (Å²) in [6.07, 6.45) is 4.89. The van der Waals surface area contributed by atoms with Crippen LogP contribution in [-0.2, 0) is 0 Å². The summed E-state index contributed by atoms with van der Waals surface area (Å²) in [7, 11) is 2.12. The highest BCUT2D eigenvalue weighted by Gasteiger charge is 2.24. The molecule has 112 valence electrons. The van der Waals surface area contributed by atoms with Gasteiger partial charge in [0.2, 0.25) is 0 Å². The van der Waals surface area contributed by atoms with E-state index in [0.717, 1.165) is 11.1 Å². The number of thioether (sulfide) groups is 1. The monoisotopic (exact) mass is 309 g/mol. The molecule has 2 aromatic carbocycles. The standard InChI is InChI=1S/C19H19NOS/c1-3-17(21)15-11-8-14(9-12-15)10-13-19-20(2)16-6-4-5-7-18(16)22-19/h4-13,19H,3H2,1-2H3. The van der Waals surface area contributed by atoms with E-state index in [-0.39, 0.29) is 5.78 Å². The topological polar surface area (TPSA) is 20.3 Å². The van der Waals surface area contributed by atoms with Crippen LogP contribution >= 0.6 is 11.8 Å². The predicted molar refractivity (Wildman–Crippen MR) is 94.6 cm³/mol. The highest BCUT2D eigenvalue weighted by Crippen LogP contribution is 2.42. The minimum Gasteiger partial charge on any atom is -0.358 e. The van der Waals surface area contributed by atoms with E-state index in [2.05, 4.69) is 48.4 Å². The number of Topliss-reactive ketones (excluding diaryl/α,β-unsaturated/α-hetero) is 1. The maximum atomic E-state index is 11.6. The third-order valence-electron chi connectivity index (χ3n) is 3.88. The van der Waals surface area contributed by atoms with E-state index in [1.54, 1.807) is 0 Å². The summed E-state index contributed by atoms with van der Waals surface area (Å²) in [4.78, 5) is 15.2. The molecule has 1 aliphatic rings. The molecule has 1 atom stereocenters. The number of fused-ring (bicyclic) bond motifs is 1. The van der Waals surface area contributed by atoms with Gasteiger partial charge in [-0.15, -0.1) is 0 Å². The van der Waals surface area contributed by atoms with E-state index in [0.29, 0.717) is 11.8 Å². The van der Waals surface area contributed by atoms with Crippen molar-refractivity contribution in [2.75, 3.05) is 11.9 Å². The number of hydrogen-bond acceptors (Lipinski definition) is 3. The van der Waals surface area contributed by atoms with Crippen molar-refractivity contribution in [2.45, 2.75) is 23.6 Å². The van der Waals surface area contributed by atoms with Crippen LogP contribution in [0.2, 0.25) is 0 Å². The Bertz CT molecular complexity index is 706. The molecular formula is C19H19NOS. The fourth-order valence-electron chi connectivity index (χ4n) is 2.54. The van der Waals surface area contributed by atoms with E-state index in [1.807, 2.05) is 43.0 Å². The summed E-state index contributed by atoms with van der Waals surface area (Å²) in [5.74, 6) is 0.192. The van der Waals surface area contributed by atoms with Gasteiger partial charge in [0.1, 0.15) is 0 Å². The average Bonchev–Trinajstić information content (AvgIpc) is 2.89. The van der Waals surface area contributed by atoms with E-state index in [4.69, 9.17) is 0 Å². The minimum absolute atomic E-state index is 0.192. The van der Waals surface area contributed by atoms with E-state index in [1.165, 1.54) is 10.6 Å². The Morgan fingerprint density at radius 1 is 1.18 bits per heavy atom. The lowest BCUT2D eigenvalue weighted by molar-refractivity contribution is 0.0988. The average molecular weight is 309 g/mol. The Balaban J connectivity index is 1.72. The van der Waals surface area contributed by atoms with Gasteiger partial charge in [-0.25, -0.2) is 0 Å². The van der Waals surface area contributed by atoms with Crippen LogP contribution in [0.5, 0.6) is 0 Å². The van der Waals surface area contributed by atoms with Crippen LogP contribution < -0.4 is 4.90 Å². The Kier molecular flexibility index (Phi) is 4.34. The van der Waals surface area contributed by atoms with Crippen molar-refractivity contribution in [2.24, 2.45) is 0 Å². The summed E-state index contributed by atoms with van der Waals surface area (Å²) in [6.45, 7) is 1.89. The SMILES string of the molecule is CCC(=O)c1ccc(C=CC2Sc3ccccc3N2C)cc1. The summed E-state index contributed by atoms with van der Waals surface area (Å²) in [5, 5.41) is 0.314. The summed E-state index contributed by atoms with van der Waals surface area (Å²) in [5.41, 5.74) is 3.20. The van der Waals surface area contributed by atoms with Crippen LogP contribution in [0.4, 0.5) is 5.69 Å². The van der Waals surface area contributed by atoms with Crippen molar-refractivity contribution < 1.29 is 4.79 Å². The van der Waals surface area contributed by atoms with E-state index >= 15 is 0 Å². The first-order valence-corrected chi connectivity index (χ1v) is 8.37. The van der Waals surface area contributed by atoms with Gasteiger partial charge in [0, 0.05) is 23.9 Å². The number of carbonyl (C=O) groups is 1. The molecule has 0 spiro atoms. The molecule has 0 radical (unpaired) electrons. The molecule has 0 aromatic heterocycles. The van der Waals surface area contributed by atoms with Crippen molar-refractivity contribution in [3.63, 3.8) is 0 Å². The number of carbonyl (C=O) groups excluding carboxylic acids is 1. The van der Waals surface area contributed by atoms with Crippen LogP contribution in [0, 0.1) is 0 Å². The van der Waals surface area contributed by atoms with Gasteiger partial charge < -0.3 is 4.90 Å². The number of nitrogens with zero attached hydrogens (tertiary/aromatic N) is 1. The lowest BCUT2D eigenvalue weighted by Gasteiger charge is -2.18. The number of para-hydroxylation sites is 1. The fraction of sp³-hybridized carbons (Fsp3) is 0.211. The van der Waals surface area contributed by atoms with Gasteiger partial charge >= 0.3 is 0 Å². The third-order valence-corrected chi connectivity index (χ3v) is 5.20. The number of hydrogen-bond donors (Lipinski definition) is 0. The zero-order chi connectivity index (χ0) is 15.5. The van der Waals surface area contributed by atoms with Crippen LogP contribution in [0.3, 0.4) is 0 Å². The Hall–Kier alpha value is -2.00. The van der Waals surface area contributed by atoms with E-state index in [9.17, 15) is 4.79 Å². The summed E-state index contributed by atoms with van der Waals surface area (Å²) < 4.78 is 0. The second kappa shape index (κ2) is 6.41. The lowest BCUT2D eigenvalue weighted by Crippen LogP contribution is -2.21. The van der Waals surface area contributed by atoms with E-state index < -0.39 is 0 Å². The van der Waals surface area contributed by atoms with Gasteiger partial charge in [0.15, 0.2) is 5.78 Å². The largest absolute Gasteiger partial charge is 0.358 e. The highest BCUT2D eigenvalue weighted by atomic mass is 32.2. The first-order valence-electron chi connectivity index (χ1n) is 7.49. The van der Waals surface area contributed by atoms with Crippen LogP contribution in [0.15, 0.2) is 59.5 Å². The van der Waals surface area contributed by atoms with Gasteiger partial charge in [0.05, 0.1) is 11.1 Å². The molecule has 0 saturated heterocycles. The molecule has 22 heavy (non-hydrogen) atoms. The highest BCUT2D eigenvalue weighted by molar-refractivity contribution is 8.00. The summed E-state index contributed by atoms with van der Waals surface area (Å²) >= 11 is 1.86. The van der Waals surface area contributed by atoms with Crippen LogP contribution in [0.1, 0.15) is 29.3 Å². The Morgan fingerprint density at radius 2 is 1.91 bits per heavy atom. The molecule has 0 saturated carbocycles. The number of anilines is 1. The lowest BCUT2D eigenvalue weighted by atomic mass is 10.1. The zero-order valence-electron chi connectivity index (χ0n) is 12.8. The molecule has 0 amide bonds. The number of benzene rings is 2. The molecule has 2 nitrogen and oxygen atoms in total. The van der Waals surface area contributed by atoms with Crippen molar-refractivity contribution in [1.82, 2.24) is 0 Å². The van der Waals surface area contributed by atoms with Crippen LogP contribution in [0.25, 0.3) is 6.08 Å². The smallest absolute Gasteiger partial charge is 0.162 e. The predicted octanol–water partition coefficient (Wildman–Crippen LogP) is 4.86. The summed E-state index contributed by atoms with van der Waals surface area (Å²) in [6, 6.07) is 16.3. The maximum absolute atomic E-state index is 11.6. The Morgan fingerprint density at radius 3 is 2.59 bits per heavy atom. The number of ketones is 1. The molecule has 0 fully saturated rings. The maximum Gasteiger partial charge on any atom is 0.162 e. The second-order valence-corrected chi connectivity index (χ2v) is 6.50. The first-order chi connectivity index (χ1) is 10.7. The molecule has 0 aliphatic carbocycles. The van der Waals surface area contributed by atoms with Crippen molar-refractivity contribution in [1.29, 1.82) is 0 Å². The quantitative estimate of drug-likeness (QED) is 0.752. The van der Waals surface area contributed by atoms with Crippen LogP contribution in [-0.4, -0.2) is 18.2 Å². The van der Waals surface area contributed by atoms with Gasteiger partial charge in [-0.1, -0.05) is 67.2 Å². The molecule has 1 unspecified atom stereocenters. The van der Waals surface area contributed by atoms with Crippen molar-refractivity contribution in [3.05, 3.63) is 65.7 Å². The molecule has 0 bridgehead atoms. The van der Waals surface area contributed by atoms with Gasteiger partial charge in [-0.05, 0) is 17.7 Å². The molecule has 1 aliphatic heterocycles. The normalized spacial score (nSPS) is 17.0. The van der Waals surface area contributed by atoms with Gasteiger partial charge in [-0.2, -0.15) is 0 Å². The van der Waals surface area contributed by atoms with Crippen molar-refractivity contribution in [3.8, 4) is 0 Å². The zero-order valence-corrected chi connectivity index (χ0v) is 13.6. The first kappa shape index (κ1) is 14.9. The number of likely N-dealkylation sites (N-methyl/N-ethyl adjacent to an activating group) is 1. The third kappa shape index (κ3) is 2.95. The number of rotatable bonds is 4. The molecule has 1 heterocycles. The molecule has 2 aromatic rings. The van der Waals surface area contributed by atoms with Gasteiger partial charge in [-0.3, -0.25) is 4.79 Å². The molecular weight excluding hydrogens is 290 g/mol. The minimum atomic E-state index is 0.192. The fourth-order valence-corrected chi connectivity index (χ4v) is 3.72. The molecule has 3 rings (SSSR count). The van der Waals surface area contributed by atoms with Gasteiger partial charge in [0.25, 0.3) is 0 Å².